The van der Waals surface area contributed by atoms with Crippen molar-refractivity contribution in [3.63, 3.8) is 0 Å². The fourth-order valence-corrected chi connectivity index (χ4v) is 1.20. The first kappa shape index (κ1) is 11.1. The Morgan fingerprint density at radius 2 is 2.21 bits per heavy atom. The lowest BCUT2D eigenvalue weighted by Crippen LogP contribution is -2.07. The fraction of sp³-hybridized carbons (Fsp3) is 0.500. The summed E-state index contributed by atoms with van der Waals surface area (Å²) in [5.74, 6) is 0.894. The van der Waals surface area contributed by atoms with Crippen molar-refractivity contribution < 1.29 is 9.84 Å². The Balaban J connectivity index is 2.42. The highest BCUT2D eigenvalue weighted by Crippen LogP contribution is 2.13. The Bertz CT molecular complexity index is 269. The maximum Gasteiger partial charge on any atom is 0.119 e. The van der Waals surface area contributed by atoms with Crippen molar-refractivity contribution in [3.05, 3.63) is 29.8 Å². The van der Waals surface area contributed by atoms with Crippen LogP contribution in [0.3, 0.4) is 0 Å². The molecule has 78 valence electrons. The molecule has 2 heteroatoms. The van der Waals surface area contributed by atoms with Crippen LogP contribution in [0.5, 0.6) is 5.75 Å². The molecule has 1 unspecified atom stereocenters. The van der Waals surface area contributed by atoms with Crippen LogP contribution in [0.4, 0.5) is 0 Å². The Morgan fingerprint density at radius 3 is 2.86 bits per heavy atom. The molecule has 1 aromatic rings. The van der Waals surface area contributed by atoms with Gasteiger partial charge in [0.2, 0.25) is 0 Å². The van der Waals surface area contributed by atoms with Crippen LogP contribution in [0, 0.1) is 0 Å². The van der Waals surface area contributed by atoms with E-state index in [1.54, 1.807) is 6.92 Å². The van der Waals surface area contributed by atoms with Gasteiger partial charge in [-0.25, -0.2) is 0 Å². The highest BCUT2D eigenvalue weighted by atomic mass is 16.5. The number of hydrogen-bond acceptors (Lipinski definition) is 2. The van der Waals surface area contributed by atoms with Gasteiger partial charge >= 0.3 is 0 Å². The summed E-state index contributed by atoms with van der Waals surface area (Å²) in [6.07, 6.45) is 1.41. The van der Waals surface area contributed by atoms with E-state index in [2.05, 4.69) is 13.0 Å². The maximum absolute atomic E-state index is 9.05. The van der Waals surface area contributed by atoms with E-state index in [-0.39, 0.29) is 6.10 Å². The monoisotopic (exact) mass is 194 g/mol. The molecule has 0 saturated carbocycles. The van der Waals surface area contributed by atoms with Crippen LogP contribution in [0.15, 0.2) is 24.3 Å². The van der Waals surface area contributed by atoms with E-state index in [4.69, 9.17) is 9.84 Å². The first-order valence-corrected chi connectivity index (χ1v) is 5.12. The lowest BCUT2D eigenvalue weighted by molar-refractivity contribution is 0.155. The van der Waals surface area contributed by atoms with Crippen molar-refractivity contribution in [1.29, 1.82) is 0 Å². The average molecular weight is 194 g/mol. The number of rotatable bonds is 5. The van der Waals surface area contributed by atoms with Gasteiger partial charge in [0.05, 0.1) is 12.7 Å². The van der Waals surface area contributed by atoms with Crippen molar-refractivity contribution in [3.8, 4) is 5.75 Å². The largest absolute Gasteiger partial charge is 0.493 e. The van der Waals surface area contributed by atoms with Crippen LogP contribution in [0.25, 0.3) is 0 Å². The van der Waals surface area contributed by atoms with Crippen molar-refractivity contribution >= 4 is 0 Å². The summed E-state index contributed by atoms with van der Waals surface area (Å²) in [7, 11) is 0. The van der Waals surface area contributed by atoms with Crippen LogP contribution < -0.4 is 4.74 Å². The van der Waals surface area contributed by atoms with E-state index >= 15 is 0 Å². The third-order valence-electron chi connectivity index (χ3n) is 2.11. The molecular weight excluding hydrogens is 176 g/mol. The molecule has 1 rings (SSSR count). The lowest BCUT2D eigenvalue weighted by Gasteiger charge is -2.08. The zero-order valence-electron chi connectivity index (χ0n) is 8.86. The molecule has 0 bridgehead atoms. The molecule has 0 aliphatic heterocycles. The predicted octanol–water partition coefficient (Wildman–Crippen LogP) is 2.40. The van der Waals surface area contributed by atoms with Gasteiger partial charge < -0.3 is 9.84 Å². The first-order chi connectivity index (χ1) is 6.72. The molecule has 0 heterocycles. The van der Waals surface area contributed by atoms with Crippen molar-refractivity contribution in [1.82, 2.24) is 0 Å². The number of aliphatic hydroxyl groups excluding tert-OH is 1. The molecule has 0 radical (unpaired) electrons. The number of benzene rings is 1. The van der Waals surface area contributed by atoms with Gasteiger partial charge in [-0.3, -0.25) is 0 Å². The molecule has 14 heavy (non-hydrogen) atoms. The Kier molecular flexibility index (Phi) is 4.47. The lowest BCUT2D eigenvalue weighted by atomic mass is 10.2. The van der Waals surface area contributed by atoms with Crippen LogP contribution in [0.2, 0.25) is 0 Å². The molecule has 0 aromatic heterocycles. The smallest absolute Gasteiger partial charge is 0.119 e. The summed E-state index contributed by atoms with van der Waals surface area (Å²) < 4.78 is 5.50. The van der Waals surface area contributed by atoms with E-state index in [9.17, 15) is 0 Å². The van der Waals surface area contributed by atoms with E-state index in [0.717, 1.165) is 12.2 Å². The molecule has 0 aliphatic carbocycles. The Hall–Kier alpha value is -1.02. The second-order valence-corrected chi connectivity index (χ2v) is 3.49. The quantitative estimate of drug-likeness (QED) is 0.780. The topological polar surface area (TPSA) is 29.5 Å². The number of hydrogen-bond donors (Lipinski definition) is 1. The second-order valence-electron chi connectivity index (χ2n) is 3.49. The summed E-state index contributed by atoms with van der Waals surface area (Å²) in [6.45, 7) is 4.46. The number of aliphatic hydroxyl groups is 1. The summed E-state index contributed by atoms with van der Waals surface area (Å²) in [5, 5.41) is 9.05. The van der Waals surface area contributed by atoms with Crippen LogP contribution in [0.1, 0.15) is 25.8 Å². The second kappa shape index (κ2) is 5.66. The van der Waals surface area contributed by atoms with Gasteiger partial charge in [-0.15, -0.1) is 0 Å². The van der Waals surface area contributed by atoms with Gasteiger partial charge in [0.15, 0.2) is 0 Å². The fourth-order valence-electron chi connectivity index (χ4n) is 1.20. The molecule has 0 amide bonds. The SMILES string of the molecule is CCc1cccc(OCCC(C)O)c1. The highest BCUT2D eigenvalue weighted by Gasteiger charge is 1.98. The van der Waals surface area contributed by atoms with Crippen LogP contribution >= 0.6 is 0 Å². The zero-order chi connectivity index (χ0) is 10.4. The minimum absolute atomic E-state index is 0.288. The minimum atomic E-state index is -0.288. The van der Waals surface area contributed by atoms with Gasteiger partial charge in [0, 0.05) is 6.42 Å². The summed E-state index contributed by atoms with van der Waals surface area (Å²) in [4.78, 5) is 0. The third-order valence-corrected chi connectivity index (χ3v) is 2.11. The molecule has 1 N–H and O–H groups in total. The molecule has 0 saturated heterocycles. The number of ether oxygens (including phenoxy) is 1. The average Bonchev–Trinajstić information content (AvgIpc) is 2.18. The highest BCUT2D eigenvalue weighted by molar-refractivity contribution is 5.28. The summed E-state index contributed by atoms with van der Waals surface area (Å²) >= 11 is 0. The van der Waals surface area contributed by atoms with Gasteiger partial charge in [-0.05, 0) is 31.0 Å². The normalized spacial score (nSPS) is 12.5. The van der Waals surface area contributed by atoms with Gasteiger partial charge in [0.25, 0.3) is 0 Å². The minimum Gasteiger partial charge on any atom is -0.493 e. The van der Waals surface area contributed by atoms with E-state index in [0.29, 0.717) is 13.0 Å². The molecule has 0 aliphatic rings. The molecule has 1 aromatic carbocycles. The van der Waals surface area contributed by atoms with Crippen LogP contribution in [-0.4, -0.2) is 17.8 Å². The number of aryl methyl sites for hydroxylation is 1. The predicted molar refractivity (Wildman–Crippen MR) is 57.6 cm³/mol. The zero-order valence-corrected chi connectivity index (χ0v) is 8.86. The maximum atomic E-state index is 9.05. The van der Waals surface area contributed by atoms with Gasteiger partial charge in [-0.1, -0.05) is 19.1 Å². The van der Waals surface area contributed by atoms with E-state index in [1.165, 1.54) is 5.56 Å². The molecule has 1 atom stereocenters. The van der Waals surface area contributed by atoms with Crippen molar-refractivity contribution in [2.24, 2.45) is 0 Å². The van der Waals surface area contributed by atoms with Gasteiger partial charge in [0.1, 0.15) is 5.75 Å². The summed E-state index contributed by atoms with van der Waals surface area (Å²) in [5.41, 5.74) is 1.28. The Morgan fingerprint density at radius 1 is 1.43 bits per heavy atom. The van der Waals surface area contributed by atoms with E-state index in [1.807, 2.05) is 18.2 Å². The molecule has 0 spiro atoms. The first-order valence-electron chi connectivity index (χ1n) is 5.12. The standard InChI is InChI=1S/C12H18O2/c1-3-11-5-4-6-12(9-11)14-8-7-10(2)13/h4-6,9-10,13H,3,7-8H2,1-2H3. The Labute approximate surface area is 85.5 Å². The van der Waals surface area contributed by atoms with Crippen molar-refractivity contribution in [2.75, 3.05) is 6.61 Å². The molecule has 2 nitrogen and oxygen atoms in total. The third kappa shape index (κ3) is 3.79. The molecule has 0 fully saturated rings. The van der Waals surface area contributed by atoms with Crippen molar-refractivity contribution in [2.45, 2.75) is 32.8 Å². The molecular formula is C12H18O2. The van der Waals surface area contributed by atoms with Gasteiger partial charge in [-0.2, -0.15) is 0 Å². The van der Waals surface area contributed by atoms with E-state index < -0.39 is 0 Å². The summed E-state index contributed by atoms with van der Waals surface area (Å²) in [6, 6.07) is 8.07. The van der Waals surface area contributed by atoms with Crippen LogP contribution in [-0.2, 0) is 6.42 Å².